The van der Waals surface area contributed by atoms with E-state index in [1.54, 1.807) is 6.92 Å². The van der Waals surface area contributed by atoms with Crippen molar-refractivity contribution >= 4 is 39.7 Å². The molecule has 0 radical (unpaired) electrons. The van der Waals surface area contributed by atoms with Crippen molar-refractivity contribution in [3.05, 3.63) is 34.3 Å². The minimum atomic E-state index is -0.961. The molecule has 134 valence electrons. The van der Waals surface area contributed by atoms with E-state index in [4.69, 9.17) is 0 Å². The largest absolute Gasteiger partial charge is 0.348 e. The van der Waals surface area contributed by atoms with Gasteiger partial charge in [-0.2, -0.15) is 0 Å². The van der Waals surface area contributed by atoms with E-state index in [2.05, 4.69) is 21.2 Å². The second-order valence-electron chi connectivity index (χ2n) is 6.32. The van der Waals surface area contributed by atoms with E-state index in [0.29, 0.717) is 4.90 Å². The van der Waals surface area contributed by atoms with Crippen molar-refractivity contribution in [1.82, 2.24) is 15.1 Å². The Morgan fingerprint density at radius 1 is 1.04 bits per heavy atom. The molecule has 0 aliphatic carbocycles. The van der Waals surface area contributed by atoms with Crippen LogP contribution in [0.2, 0.25) is 0 Å². The van der Waals surface area contributed by atoms with Gasteiger partial charge in [-0.25, -0.2) is 9.69 Å². The number of halogens is 1. The molecule has 1 aliphatic rings. The fraction of sp³-hybridized carbons (Fsp3) is 0.412. The number of carbonyl (C=O) groups is 4. The van der Waals surface area contributed by atoms with Crippen LogP contribution in [-0.4, -0.2) is 46.6 Å². The van der Waals surface area contributed by atoms with Crippen LogP contribution < -0.4 is 5.32 Å². The maximum atomic E-state index is 12.2. The first-order valence-corrected chi connectivity index (χ1v) is 8.72. The van der Waals surface area contributed by atoms with Gasteiger partial charge in [0.15, 0.2) is 0 Å². The normalized spacial score (nSPS) is 16.0. The minimum Gasteiger partial charge on any atom is -0.348 e. The molecule has 8 heteroatoms. The zero-order valence-corrected chi connectivity index (χ0v) is 15.9. The number of hydrogen-bond donors (Lipinski definition) is 1. The number of benzene rings is 1. The molecule has 1 aliphatic heterocycles. The highest BCUT2D eigenvalue weighted by Gasteiger charge is 2.45. The van der Waals surface area contributed by atoms with E-state index in [9.17, 15) is 19.2 Å². The number of rotatable bonds is 6. The number of carbonyl (C=O) groups excluding carboxylic acids is 4. The molecule has 1 N–H and O–H groups in total. The molecular formula is C17H20BrN3O4. The van der Waals surface area contributed by atoms with Crippen molar-refractivity contribution in [3.8, 4) is 0 Å². The average Bonchev–Trinajstić information content (AvgIpc) is 2.73. The maximum absolute atomic E-state index is 12.2. The molecule has 1 aromatic carbocycles. The van der Waals surface area contributed by atoms with Gasteiger partial charge in [0, 0.05) is 11.0 Å². The standard InChI is InChI=1S/C17H20BrN3O4/c1-10(2)8-20-15(23)16(24)21(17(20)25)9-14(22)19-11(3)12-4-6-13(18)7-5-12/h4-7,10-11H,8-9H2,1-3H3,(H,19,22)/t11-/m0/s1. The van der Waals surface area contributed by atoms with Gasteiger partial charge < -0.3 is 5.32 Å². The lowest BCUT2D eigenvalue weighted by atomic mass is 10.1. The Morgan fingerprint density at radius 2 is 1.60 bits per heavy atom. The Morgan fingerprint density at radius 3 is 2.16 bits per heavy atom. The van der Waals surface area contributed by atoms with E-state index in [1.807, 2.05) is 38.1 Å². The zero-order chi connectivity index (χ0) is 18.7. The molecule has 0 aromatic heterocycles. The summed E-state index contributed by atoms with van der Waals surface area (Å²) in [7, 11) is 0. The van der Waals surface area contributed by atoms with Gasteiger partial charge in [0.05, 0.1) is 6.04 Å². The van der Waals surface area contributed by atoms with Crippen molar-refractivity contribution in [1.29, 1.82) is 0 Å². The number of amides is 5. The molecule has 1 aromatic rings. The molecule has 0 saturated carbocycles. The first-order chi connectivity index (χ1) is 11.7. The summed E-state index contributed by atoms with van der Waals surface area (Å²) in [4.78, 5) is 49.8. The Labute approximate surface area is 154 Å². The second kappa shape index (κ2) is 7.77. The van der Waals surface area contributed by atoms with Crippen molar-refractivity contribution in [3.63, 3.8) is 0 Å². The highest BCUT2D eigenvalue weighted by Crippen LogP contribution is 2.17. The van der Waals surface area contributed by atoms with Crippen LogP contribution in [0.1, 0.15) is 32.4 Å². The lowest BCUT2D eigenvalue weighted by molar-refractivity contribution is -0.144. The van der Waals surface area contributed by atoms with Crippen molar-refractivity contribution in [2.24, 2.45) is 5.92 Å². The summed E-state index contributed by atoms with van der Waals surface area (Å²) >= 11 is 3.34. The summed E-state index contributed by atoms with van der Waals surface area (Å²) < 4.78 is 0.923. The SMILES string of the molecule is CC(C)CN1C(=O)C(=O)N(CC(=O)N[C@@H](C)c2ccc(Br)cc2)C1=O. The van der Waals surface area contributed by atoms with E-state index in [0.717, 1.165) is 14.9 Å². The minimum absolute atomic E-state index is 0.0342. The third kappa shape index (κ3) is 4.45. The molecule has 0 bridgehead atoms. The van der Waals surface area contributed by atoms with Gasteiger partial charge >= 0.3 is 17.8 Å². The topological polar surface area (TPSA) is 86.8 Å². The van der Waals surface area contributed by atoms with Crippen LogP contribution in [0, 0.1) is 5.92 Å². The van der Waals surface area contributed by atoms with Crippen LogP contribution in [0.4, 0.5) is 4.79 Å². The Bertz CT molecular complexity index is 702. The molecule has 0 spiro atoms. The highest BCUT2D eigenvalue weighted by molar-refractivity contribution is 9.10. The first kappa shape index (κ1) is 19.1. The van der Waals surface area contributed by atoms with Gasteiger partial charge in [-0.3, -0.25) is 19.3 Å². The highest BCUT2D eigenvalue weighted by atomic mass is 79.9. The van der Waals surface area contributed by atoms with Crippen molar-refractivity contribution in [2.45, 2.75) is 26.8 Å². The third-order valence-corrected chi connectivity index (χ3v) is 4.26. The number of nitrogens with one attached hydrogen (secondary N) is 1. The van der Waals surface area contributed by atoms with Gasteiger partial charge in [0.1, 0.15) is 6.54 Å². The molecule has 1 atom stereocenters. The quantitative estimate of drug-likeness (QED) is 0.575. The van der Waals surface area contributed by atoms with Crippen LogP contribution in [0.5, 0.6) is 0 Å². The smallest absolute Gasteiger partial charge is 0.334 e. The van der Waals surface area contributed by atoms with E-state index < -0.39 is 30.3 Å². The van der Waals surface area contributed by atoms with Gasteiger partial charge in [0.2, 0.25) is 5.91 Å². The van der Waals surface area contributed by atoms with Gasteiger partial charge in [0.25, 0.3) is 0 Å². The Kier molecular flexibility index (Phi) is 5.94. The molecule has 0 unspecified atom stereocenters. The van der Waals surface area contributed by atoms with Gasteiger partial charge in [-0.05, 0) is 30.5 Å². The zero-order valence-electron chi connectivity index (χ0n) is 14.3. The number of hydrogen-bond acceptors (Lipinski definition) is 4. The van der Waals surface area contributed by atoms with Crippen molar-refractivity contribution < 1.29 is 19.2 Å². The molecular weight excluding hydrogens is 390 g/mol. The average molecular weight is 410 g/mol. The first-order valence-electron chi connectivity index (χ1n) is 7.92. The summed E-state index contributed by atoms with van der Waals surface area (Å²) in [6.45, 7) is 5.14. The molecule has 2 rings (SSSR count). The van der Waals surface area contributed by atoms with Crippen LogP contribution in [0.15, 0.2) is 28.7 Å². The van der Waals surface area contributed by atoms with Crippen LogP contribution in [0.3, 0.4) is 0 Å². The van der Waals surface area contributed by atoms with Crippen LogP contribution >= 0.6 is 15.9 Å². The van der Waals surface area contributed by atoms with Crippen molar-refractivity contribution in [2.75, 3.05) is 13.1 Å². The predicted octanol–water partition coefficient (Wildman–Crippen LogP) is 2.07. The third-order valence-electron chi connectivity index (χ3n) is 3.73. The summed E-state index contributed by atoms with van der Waals surface area (Å²) in [6.07, 6.45) is 0. The lowest BCUT2D eigenvalue weighted by Crippen LogP contribution is -2.42. The molecule has 1 heterocycles. The Balaban J connectivity index is 2.00. The molecule has 5 amide bonds. The lowest BCUT2D eigenvalue weighted by Gasteiger charge is -2.18. The summed E-state index contributed by atoms with van der Waals surface area (Å²) in [6, 6.07) is 6.39. The van der Waals surface area contributed by atoms with Gasteiger partial charge in [-0.15, -0.1) is 0 Å². The summed E-state index contributed by atoms with van der Waals surface area (Å²) in [5, 5.41) is 2.72. The second-order valence-corrected chi connectivity index (χ2v) is 7.24. The fourth-order valence-corrected chi connectivity index (χ4v) is 2.75. The molecule has 1 fully saturated rings. The maximum Gasteiger partial charge on any atom is 0.334 e. The van der Waals surface area contributed by atoms with Gasteiger partial charge in [-0.1, -0.05) is 41.9 Å². The summed E-state index contributed by atoms with van der Waals surface area (Å²) in [5.74, 6) is -2.31. The van der Waals surface area contributed by atoms with Crippen LogP contribution in [-0.2, 0) is 14.4 Å². The van der Waals surface area contributed by atoms with E-state index in [1.165, 1.54) is 0 Å². The number of imide groups is 2. The number of urea groups is 1. The Hall–Kier alpha value is -2.22. The fourth-order valence-electron chi connectivity index (χ4n) is 2.48. The van der Waals surface area contributed by atoms with E-state index >= 15 is 0 Å². The monoisotopic (exact) mass is 409 g/mol. The molecule has 1 saturated heterocycles. The number of nitrogens with zero attached hydrogens (tertiary/aromatic N) is 2. The predicted molar refractivity (Wildman–Crippen MR) is 94.4 cm³/mol. The van der Waals surface area contributed by atoms with E-state index in [-0.39, 0.29) is 18.5 Å². The van der Waals surface area contributed by atoms with Crippen LogP contribution in [0.25, 0.3) is 0 Å². The molecule has 7 nitrogen and oxygen atoms in total. The summed E-state index contributed by atoms with van der Waals surface area (Å²) in [5.41, 5.74) is 0.883. The molecule has 25 heavy (non-hydrogen) atoms.